The molecule has 0 unspecified atom stereocenters. The Bertz CT molecular complexity index is 425. The van der Waals surface area contributed by atoms with Gasteiger partial charge in [-0.15, -0.1) is 12.4 Å². The zero-order valence-corrected chi connectivity index (χ0v) is 11.1. The fraction of sp³-hybridized carbons (Fsp3) is 0.385. The summed E-state index contributed by atoms with van der Waals surface area (Å²) in [7, 11) is 0. The molecule has 0 aliphatic carbocycles. The highest BCUT2D eigenvalue weighted by Gasteiger charge is 2.17. The quantitative estimate of drug-likeness (QED) is 0.824. The molecule has 2 rings (SSSR count). The SMILES string of the molecule is CC(=O)c1ccc(C(=O)N2CCNCC2)cc1.Cl. The molecule has 4 nitrogen and oxygen atoms in total. The summed E-state index contributed by atoms with van der Waals surface area (Å²) >= 11 is 0. The van der Waals surface area contributed by atoms with Gasteiger partial charge < -0.3 is 10.2 Å². The third-order valence-corrected chi connectivity index (χ3v) is 2.94. The number of ketones is 1. The molecule has 1 fully saturated rings. The predicted octanol–water partition coefficient (Wildman–Crippen LogP) is 1.36. The molecular formula is C13H17ClN2O2. The van der Waals surface area contributed by atoms with Crippen LogP contribution in [0.3, 0.4) is 0 Å². The molecule has 0 saturated carbocycles. The standard InChI is InChI=1S/C13H16N2O2.ClH/c1-10(16)11-2-4-12(5-3-11)13(17)15-8-6-14-7-9-15;/h2-5,14H,6-9H2,1H3;1H. The molecule has 0 atom stereocenters. The van der Waals surface area contributed by atoms with Crippen LogP contribution in [0.1, 0.15) is 27.6 Å². The molecule has 98 valence electrons. The van der Waals surface area contributed by atoms with Gasteiger partial charge in [0.2, 0.25) is 0 Å². The molecule has 1 aliphatic heterocycles. The van der Waals surface area contributed by atoms with Gasteiger partial charge in [-0.1, -0.05) is 12.1 Å². The van der Waals surface area contributed by atoms with Crippen LogP contribution in [0.2, 0.25) is 0 Å². The summed E-state index contributed by atoms with van der Waals surface area (Å²) in [6.45, 7) is 4.70. The first-order valence-electron chi connectivity index (χ1n) is 5.79. The topological polar surface area (TPSA) is 49.4 Å². The second-order valence-electron chi connectivity index (χ2n) is 4.18. The molecule has 1 aromatic carbocycles. The Hall–Kier alpha value is -1.39. The van der Waals surface area contributed by atoms with E-state index in [1.54, 1.807) is 24.3 Å². The number of nitrogens with one attached hydrogen (secondary N) is 1. The fourth-order valence-electron chi connectivity index (χ4n) is 1.90. The number of carbonyl (C=O) groups is 2. The first-order chi connectivity index (χ1) is 8.18. The number of hydrogen-bond acceptors (Lipinski definition) is 3. The van der Waals surface area contributed by atoms with E-state index in [1.165, 1.54) is 6.92 Å². The molecule has 1 aromatic rings. The summed E-state index contributed by atoms with van der Waals surface area (Å²) in [6, 6.07) is 6.86. The second-order valence-corrected chi connectivity index (χ2v) is 4.18. The zero-order chi connectivity index (χ0) is 12.3. The van der Waals surface area contributed by atoms with Gasteiger partial charge in [0, 0.05) is 37.3 Å². The molecule has 0 spiro atoms. The minimum absolute atomic E-state index is 0. The Morgan fingerprint density at radius 1 is 1.06 bits per heavy atom. The fourth-order valence-corrected chi connectivity index (χ4v) is 1.90. The van der Waals surface area contributed by atoms with Gasteiger partial charge >= 0.3 is 0 Å². The lowest BCUT2D eigenvalue weighted by molar-refractivity contribution is 0.0735. The summed E-state index contributed by atoms with van der Waals surface area (Å²) in [5, 5.41) is 3.21. The normalized spacial score (nSPS) is 14.8. The maximum absolute atomic E-state index is 12.1. The third kappa shape index (κ3) is 3.31. The van der Waals surface area contributed by atoms with Crippen LogP contribution < -0.4 is 5.32 Å². The number of rotatable bonds is 2. The molecule has 1 aliphatic rings. The molecule has 0 radical (unpaired) electrons. The highest BCUT2D eigenvalue weighted by molar-refractivity contribution is 5.97. The highest BCUT2D eigenvalue weighted by atomic mass is 35.5. The smallest absolute Gasteiger partial charge is 0.253 e. The molecule has 5 heteroatoms. The summed E-state index contributed by atoms with van der Waals surface area (Å²) in [6.07, 6.45) is 0. The predicted molar refractivity (Wildman–Crippen MR) is 72.5 cm³/mol. The van der Waals surface area contributed by atoms with Crippen molar-refractivity contribution in [3.8, 4) is 0 Å². The van der Waals surface area contributed by atoms with E-state index in [0.717, 1.165) is 26.2 Å². The van der Waals surface area contributed by atoms with Crippen molar-refractivity contribution < 1.29 is 9.59 Å². The molecule has 0 bridgehead atoms. The summed E-state index contributed by atoms with van der Waals surface area (Å²) in [4.78, 5) is 25.1. The average Bonchev–Trinajstić information content (AvgIpc) is 2.39. The van der Waals surface area contributed by atoms with E-state index in [-0.39, 0.29) is 24.1 Å². The van der Waals surface area contributed by atoms with E-state index < -0.39 is 0 Å². The van der Waals surface area contributed by atoms with Crippen molar-refractivity contribution in [1.82, 2.24) is 10.2 Å². The van der Waals surface area contributed by atoms with Crippen LogP contribution in [0, 0.1) is 0 Å². The van der Waals surface area contributed by atoms with Crippen LogP contribution in [0.4, 0.5) is 0 Å². The third-order valence-electron chi connectivity index (χ3n) is 2.94. The molecule has 1 amide bonds. The van der Waals surface area contributed by atoms with E-state index >= 15 is 0 Å². The van der Waals surface area contributed by atoms with Crippen LogP contribution in [0.15, 0.2) is 24.3 Å². The first-order valence-corrected chi connectivity index (χ1v) is 5.79. The van der Waals surface area contributed by atoms with Gasteiger partial charge in [-0.25, -0.2) is 0 Å². The largest absolute Gasteiger partial charge is 0.336 e. The van der Waals surface area contributed by atoms with Gasteiger partial charge in [0.25, 0.3) is 5.91 Å². The number of carbonyl (C=O) groups excluding carboxylic acids is 2. The van der Waals surface area contributed by atoms with E-state index in [4.69, 9.17) is 0 Å². The number of hydrogen-bond donors (Lipinski definition) is 1. The lowest BCUT2D eigenvalue weighted by Gasteiger charge is -2.27. The lowest BCUT2D eigenvalue weighted by Crippen LogP contribution is -2.46. The monoisotopic (exact) mass is 268 g/mol. The van der Waals surface area contributed by atoms with Crippen LogP contribution in [0.5, 0.6) is 0 Å². The van der Waals surface area contributed by atoms with Crippen LogP contribution in [0.25, 0.3) is 0 Å². The minimum Gasteiger partial charge on any atom is -0.336 e. The summed E-state index contributed by atoms with van der Waals surface area (Å²) in [5.74, 6) is 0.0628. The Morgan fingerprint density at radius 2 is 1.56 bits per heavy atom. The molecule has 1 heterocycles. The van der Waals surface area contributed by atoms with E-state index in [2.05, 4.69) is 5.32 Å². The van der Waals surface area contributed by atoms with Crippen molar-refractivity contribution in [3.05, 3.63) is 35.4 Å². The lowest BCUT2D eigenvalue weighted by atomic mass is 10.1. The second kappa shape index (κ2) is 6.52. The van der Waals surface area contributed by atoms with Crippen molar-refractivity contribution in [2.75, 3.05) is 26.2 Å². The summed E-state index contributed by atoms with van der Waals surface area (Å²) in [5.41, 5.74) is 1.29. The van der Waals surface area contributed by atoms with Gasteiger partial charge in [-0.2, -0.15) is 0 Å². The average molecular weight is 269 g/mol. The van der Waals surface area contributed by atoms with Crippen LogP contribution in [-0.4, -0.2) is 42.8 Å². The van der Waals surface area contributed by atoms with Crippen LogP contribution in [-0.2, 0) is 0 Å². The minimum atomic E-state index is 0. The van der Waals surface area contributed by atoms with Gasteiger partial charge in [0.1, 0.15) is 0 Å². The van der Waals surface area contributed by atoms with Gasteiger partial charge in [-0.3, -0.25) is 9.59 Å². The maximum Gasteiger partial charge on any atom is 0.253 e. The first kappa shape index (κ1) is 14.7. The number of halogens is 1. The van der Waals surface area contributed by atoms with E-state index in [9.17, 15) is 9.59 Å². The Morgan fingerprint density at radius 3 is 2.06 bits per heavy atom. The van der Waals surface area contributed by atoms with Gasteiger partial charge in [0.15, 0.2) is 5.78 Å². The van der Waals surface area contributed by atoms with Crippen molar-refractivity contribution >= 4 is 24.1 Å². The van der Waals surface area contributed by atoms with Gasteiger partial charge in [-0.05, 0) is 19.1 Å². The summed E-state index contributed by atoms with van der Waals surface area (Å²) < 4.78 is 0. The number of benzene rings is 1. The number of Topliss-reactive ketones (excluding diaryl/α,β-unsaturated/α-hetero) is 1. The van der Waals surface area contributed by atoms with Crippen molar-refractivity contribution in [2.45, 2.75) is 6.92 Å². The molecule has 1 N–H and O–H groups in total. The molecule has 18 heavy (non-hydrogen) atoms. The van der Waals surface area contributed by atoms with Gasteiger partial charge in [0.05, 0.1) is 0 Å². The molecule has 1 saturated heterocycles. The zero-order valence-electron chi connectivity index (χ0n) is 10.3. The van der Waals surface area contributed by atoms with Crippen molar-refractivity contribution in [1.29, 1.82) is 0 Å². The Kier molecular flexibility index (Phi) is 5.31. The maximum atomic E-state index is 12.1. The molecular weight excluding hydrogens is 252 g/mol. The van der Waals surface area contributed by atoms with Crippen molar-refractivity contribution in [2.24, 2.45) is 0 Å². The molecule has 0 aromatic heterocycles. The van der Waals surface area contributed by atoms with Crippen LogP contribution >= 0.6 is 12.4 Å². The number of amides is 1. The highest BCUT2D eigenvalue weighted by Crippen LogP contribution is 2.09. The number of nitrogens with zero attached hydrogens (tertiary/aromatic N) is 1. The Balaban J connectivity index is 0.00000162. The Labute approximate surface area is 113 Å². The van der Waals surface area contributed by atoms with Crippen molar-refractivity contribution in [3.63, 3.8) is 0 Å². The van der Waals surface area contributed by atoms with E-state index in [1.807, 2.05) is 4.90 Å². The van der Waals surface area contributed by atoms with E-state index in [0.29, 0.717) is 11.1 Å². The number of piperazine rings is 1.